The van der Waals surface area contributed by atoms with Gasteiger partial charge in [0.05, 0.1) is 5.56 Å². The molecule has 2 heteroatoms. The molecule has 2 nitrogen and oxygen atoms in total. The van der Waals surface area contributed by atoms with Crippen LogP contribution in [0, 0.1) is 6.92 Å². The van der Waals surface area contributed by atoms with Crippen LogP contribution >= 0.6 is 0 Å². The van der Waals surface area contributed by atoms with Crippen LogP contribution in [0.25, 0.3) is 5.76 Å². The van der Waals surface area contributed by atoms with E-state index in [-0.39, 0.29) is 5.97 Å². The molecule has 0 saturated carbocycles. The average Bonchev–Trinajstić information content (AvgIpc) is 2.56. The molecule has 0 spiro atoms. The van der Waals surface area contributed by atoms with Gasteiger partial charge in [0.1, 0.15) is 5.76 Å². The standard InChI is InChI=1S/C12H11O2/c1-3-8(2)11-9-6-4-5-7-10(9)12(13)14-11/h4-7H,2-3H2,1H3/b11-8+. The fourth-order valence-corrected chi connectivity index (χ4v) is 1.48. The van der Waals surface area contributed by atoms with Crippen molar-refractivity contribution in [3.05, 3.63) is 47.9 Å². The highest BCUT2D eigenvalue weighted by molar-refractivity contribution is 6.03. The summed E-state index contributed by atoms with van der Waals surface area (Å²) in [6, 6.07) is 7.38. The van der Waals surface area contributed by atoms with Crippen LogP contribution in [0.4, 0.5) is 0 Å². The second-order valence-corrected chi connectivity index (χ2v) is 3.22. The Morgan fingerprint density at radius 1 is 1.36 bits per heavy atom. The van der Waals surface area contributed by atoms with Crippen molar-refractivity contribution >= 4 is 11.7 Å². The third kappa shape index (κ3) is 1.23. The first-order valence-electron chi connectivity index (χ1n) is 4.60. The molecule has 0 aliphatic carbocycles. The maximum Gasteiger partial charge on any atom is 0.344 e. The van der Waals surface area contributed by atoms with Crippen molar-refractivity contribution in [2.45, 2.75) is 13.3 Å². The van der Waals surface area contributed by atoms with Crippen molar-refractivity contribution < 1.29 is 9.53 Å². The molecule has 0 N–H and O–H groups in total. The Morgan fingerprint density at radius 2 is 2.00 bits per heavy atom. The lowest BCUT2D eigenvalue weighted by atomic mass is 10.0. The summed E-state index contributed by atoms with van der Waals surface area (Å²) in [5, 5.41) is 0. The highest BCUT2D eigenvalue weighted by atomic mass is 16.5. The Kier molecular flexibility index (Phi) is 2.12. The van der Waals surface area contributed by atoms with Crippen LogP contribution in [0.2, 0.25) is 0 Å². The van der Waals surface area contributed by atoms with Crippen LogP contribution in [0.5, 0.6) is 0 Å². The van der Waals surface area contributed by atoms with Gasteiger partial charge in [-0.25, -0.2) is 4.79 Å². The van der Waals surface area contributed by atoms with Crippen molar-refractivity contribution in [3.8, 4) is 0 Å². The molecule has 0 amide bonds. The molecule has 0 saturated heterocycles. The lowest BCUT2D eigenvalue weighted by Gasteiger charge is -2.02. The van der Waals surface area contributed by atoms with Crippen molar-refractivity contribution in [3.63, 3.8) is 0 Å². The summed E-state index contributed by atoms with van der Waals surface area (Å²) in [4.78, 5) is 11.4. The van der Waals surface area contributed by atoms with E-state index in [0.29, 0.717) is 11.3 Å². The Morgan fingerprint density at radius 3 is 2.64 bits per heavy atom. The Balaban J connectivity index is 2.60. The minimum Gasteiger partial charge on any atom is -0.422 e. The van der Waals surface area contributed by atoms with Crippen LogP contribution in [-0.2, 0) is 4.74 Å². The molecule has 0 atom stereocenters. The van der Waals surface area contributed by atoms with Gasteiger partial charge < -0.3 is 4.74 Å². The molecular weight excluding hydrogens is 176 g/mol. The molecule has 0 unspecified atom stereocenters. The van der Waals surface area contributed by atoms with Gasteiger partial charge in [-0.1, -0.05) is 25.1 Å². The molecule has 0 bridgehead atoms. The number of ether oxygens (including phenoxy) is 1. The lowest BCUT2D eigenvalue weighted by Crippen LogP contribution is -1.92. The zero-order chi connectivity index (χ0) is 10.1. The van der Waals surface area contributed by atoms with Gasteiger partial charge >= 0.3 is 5.97 Å². The summed E-state index contributed by atoms with van der Waals surface area (Å²) in [5.74, 6) is 0.360. The molecule has 71 valence electrons. The van der Waals surface area contributed by atoms with Crippen LogP contribution in [0.1, 0.15) is 29.3 Å². The largest absolute Gasteiger partial charge is 0.422 e. The van der Waals surface area contributed by atoms with E-state index in [9.17, 15) is 4.79 Å². The highest BCUT2D eigenvalue weighted by Gasteiger charge is 2.26. The van der Waals surface area contributed by atoms with E-state index in [1.807, 2.05) is 25.1 Å². The maximum absolute atomic E-state index is 11.4. The highest BCUT2D eigenvalue weighted by Crippen LogP contribution is 2.32. The number of benzene rings is 1. The van der Waals surface area contributed by atoms with Gasteiger partial charge in [-0.3, -0.25) is 0 Å². The lowest BCUT2D eigenvalue weighted by molar-refractivity contribution is 0.0714. The summed E-state index contributed by atoms with van der Waals surface area (Å²) in [5.41, 5.74) is 2.37. The molecule has 0 fully saturated rings. The van der Waals surface area contributed by atoms with E-state index in [1.165, 1.54) is 0 Å². The second kappa shape index (κ2) is 3.29. The van der Waals surface area contributed by atoms with E-state index in [0.717, 1.165) is 17.6 Å². The number of carbonyl (C=O) groups is 1. The zero-order valence-corrected chi connectivity index (χ0v) is 8.04. The van der Waals surface area contributed by atoms with E-state index in [1.54, 1.807) is 6.07 Å². The number of carbonyl (C=O) groups excluding carboxylic acids is 1. The second-order valence-electron chi connectivity index (χ2n) is 3.22. The molecule has 1 aromatic rings. The van der Waals surface area contributed by atoms with Gasteiger partial charge in [-0.05, 0) is 25.0 Å². The van der Waals surface area contributed by atoms with E-state index < -0.39 is 0 Å². The third-order valence-corrected chi connectivity index (χ3v) is 2.33. The predicted molar refractivity (Wildman–Crippen MR) is 54.4 cm³/mol. The van der Waals surface area contributed by atoms with Gasteiger partial charge in [0.25, 0.3) is 0 Å². The van der Waals surface area contributed by atoms with E-state index in [2.05, 4.69) is 6.92 Å². The first kappa shape index (κ1) is 9.00. The van der Waals surface area contributed by atoms with Crippen molar-refractivity contribution in [1.29, 1.82) is 0 Å². The zero-order valence-electron chi connectivity index (χ0n) is 8.04. The topological polar surface area (TPSA) is 26.3 Å². The number of fused-ring (bicyclic) bond motifs is 1. The monoisotopic (exact) mass is 187 g/mol. The number of allylic oxidation sites excluding steroid dienone is 1. The molecule has 2 rings (SSSR count). The van der Waals surface area contributed by atoms with Crippen LogP contribution < -0.4 is 0 Å². The summed E-state index contributed by atoms with van der Waals surface area (Å²) in [7, 11) is 0. The number of hydrogen-bond acceptors (Lipinski definition) is 2. The molecule has 14 heavy (non-hydrogen) atoms. The predicted octanol–water partition coefficient (Wildman–Crippen LogP) is 2.81. The third-order valence-electron chi connectivity index (χ3n) is 2.33. The molecule has 1 heterocycles. The molecular formula is C12H11O2. The minimum atomic E-state index is -0.273. The van der Waals surface area contributed by atoms with Crippen molar-refractivity contribution in [2.75, 3.05) is 0 Å². The quantitative estimate of drug-likeness (QED) is 0.632. The van der Waals surface area contributed by atoms with Gasteiger partial charge in [0, 0.05) is 5.56 Å². The Hall–Kier alpha value is -1.57. The van der Waals surface area contributed by atoms with Crippen LogP contribution in [0.15, 0.2) is 29.8 Å². The van der Waals surface area contributed by atoms with Crippen molar-refractivity contribution in [1.82, 2.24) is 0 Å². The van der Waals surface area contributed by atoms with Gasteiger partial charge in [0.2, 0.25) is 0 Å². The van der Waals surface area contributed by atoms with E-state index in [4.69, 9.17) is 4.74 Å². The first-order chi connectivity index (χ1) is 6.74. The molecule has 1 aliphatic rings. The summed E-state index contributed by atoms with van der Waals surface area (Å²) in [6.45, 7) is 5.86. The molecule has 1 aliphatic heterocycles. The summed E-state index contributed by atoms with van der Waals surface area (Å²) >= 11 is 0. The van der Waals surface area contributed by atoms with Gasteiger partial charge in [0.15, 0.2) is 0 Å². The summed E-state index contributed by atoms with van der Waals surface area (Å²) < 4.78 is 5.16. The first-order valence-corrected chi connectivity index (χ1v) is 4.60. The number of rotatable bonds is 1. The number of cyclic esters (lactones) is 1. The van der Waals surface area contributed by atoms with Gasteiger partial charge in [-0.2, -0.15) is 0 Å². The summed E-state index contributed by atoms with van der Waals surface area (Å²) in [6.07, 6.45) is 0.789. The molecule has 0 aromatic heterocycles. The Bertz CT molecular complexity index is 416. The smallest absolute Gasteiger partial charge is 0.344 e. The molecule has 1 aromatic carbocycles. The van der Waals surface area contributed by atoms with Crippen molar-refractivity contribution in [2.24, 2.45) is 0 Å². The average molecular weight is 187 g/mol. The minimum absolute atomic E-state index is 0.273. The normalized spacial score (nSPS) is 17.7. The molecule has 1 radical (unpaired) electrons. The Labute approximate surface area is 83.2 Å². The van der Waals surface area contributed by atoms with Gasteiger partial charge in [-0.15, -0.1) is 0 Å². The fourth-order valence-electron chi connectivity index (χ4n) is 1.48. The number of hydrogen-bond donors (Lipinski definition) is 0. The van der Waals surface area contributed by atoms with Crippen LogP contribution in [-0.4, -0.2) is 5.97 Å². The van der Waals surface area contributed by atoms with E-state index >= 15 is 0 Å². The number of esters is 1. The SMILES string of the molecule is [CH2]/C(CC)=C1\OC(=O)c2ccccc21. The fraction of sp³-hybridized carbons (Fsp3) is 0.167. The van der Waals surface area contributed by atoms with Crippen LogP contribution in [0.3, 0.4) is 0 Å². The maximum atomic E-state index is 11.4.